The Morgan fingerprint density at radius 3 is 2.44 bits per heavy atom. The lowest BCUT2D eigenvalue weighted by Crippen LogP contribution is -2.47. The first-order valence-electron chi connectivity index (χ1n) is 10.8. The number of hydrogen-bond acceptors (Lipinski definition) is 5. The third-order valence-electron chi connectivity index (χ3n) is 6.20. The Bertz CT molecular complexity index is 1140. The number of aryl methyl sites for hydroxylation is 1. The predicted octanol–water partition coefficient (Wildman–Crippen LogP) is 4.22. The maximum atomic E-state index is 13.5. The molecule has 2 aromatic carbocycles. The fourth-order valence-electron chi connectivity index (χ4n) is 4.31. The quantitative estimate of drug-likeness (QED) is 0.574. The number of carboxylic acid groups (broad SMARTS) is 1. The van der Waals surface area contributed by atoms with E-state index in [1.54, 1.807) is 13.0 Å². The summed E-state index contributed by atoms with van der Waals surface area (Å²) >= 11 is 0. The van der Waals surface area contributed by atoms with Gasteiger partial charge in [-0.1, -0.05) is 30.3 Å². The van der Waals surface area contributed by atoms with Gasteiger partial charge in [0.1, 0.15) is 0 Å². The second-order valence-corrected chi connectivity index (χ2v) is 8.43. The van der Waals surface area contributed by atoms with Crippen LogP contribution in [0, 0.1) is 6.92 Å². The fraction of sp³-hybridized carbons (Fsp3) is 0.391. The summed E-state index contributed by atoms with van der Waals surface area (Å²) < 4.78 is 47.8. The van der Waals surface area contributed by atoms with Crippen molar-refractivity contribution in [1.29, 1.82) is 0 Å². The molecule has 0 saturated carbocycles. The minimum absolute atomic E-state index is 0.0463. The zero-order chi connectivity index (χ0) is 24.3. The van der Waals surface area contributed by atoms with Crippen LogP contribution in [0.4, 0.5) is 18.0 Å². The Balaban J connectivity index is 1.56. The lowest BCUT2D eigenvalue weighted by atomic mass is 9.73. The summed E-state index contributed by atoms with van der Waals surface area (Å²) in [5, 5.41) is 20.3. The third-order valence-corrected chi connectivity index (χ3v) is 6.20. The number of piperidine rings is 1. The van der Waals surface area contributed by atoms with Crippen LogP contribution in [0.15, 0.2) is 48.5 Å². The van der Waals surface area contributed by atoms with Gasteiger partial charge in [0.25, 0.3) is 0 Å². The van der Waals surface area contributed by atoms with Crippen molar-refractivity contribution in [1.82, 2.24) is 25.1 Å². The molecule has 8 nitrogen and oxygen atoms in total. The van der Waals surface area contributed by atoms with E-state index in [4.69, 9.17) is 4.74 Å². The van der Waals surface area contributed by atoms with Crippen LogP contribution in [0.1, 0.15) is 35.4 Å². The van der Waals surface area contributed by atoms with E-state index in [2.05, 4.69) is 15.5 Å². The van der Waals surface area contributed by atoms with Crippen molar-refractivity contribution >= 4 is 6.09 Å². The highest BCUT2D eigenvalue weighted by Gasteiger charge is 2.38. The number of hydrogen-bond donors (Lipinski definition) is 1. The average Bonchev–Trinajstić information content (AvgIpc) is 3.25. The van der Waals surface area contributed by atoms with E-state index in [1.807, 2.05) is 30.3 Å². The molecular formula is C23H24F3N5O3. The van der Waals surface area contributed by atoms with E-state index in [1.165, 1.54) is 9.58 Å². The monoisotopic (exact) mass is 475 g/mol. The van der Waals surface area contributed by atoms with E-state index in [0.29, 0.717) is 37.3 Å². The molecule has 0 unspecified atom stereocenters. The standard InChI is InChI=1S/C23H24F3N5O3/c1-16-27-28-29-31(16)20-12-17(11-19(13-20)23(24,25)26)14-34-15-22(18-5-3-2-4-6-18)7-9-30(10-8-22)21(32)33/h2-6,11-13H,7-10,14-15H2,1H3,(H,32,33). The summed E-state index contributed by atoms with van der Waals surface area (Å²) in [5.41, 5.74) is 0.318. The summed E-state index contributed by atoms with van der Waals surface area (Å²) in [6.07, 6.45) is -4.39. The van der Waals surface area contributed by atoms with E-state index < -0.39 is 23.2 Å². The first-order valence-corrected chi connectivity index (χ1v) is 10.8. The van der Waals surface area contributed by atoms with Crippen molar-refractivity contribution < 1.29 is 27.8 Å². The highest BCUT2D eigenvalue weighted by atomic mass is 19.4. The van der Waals surface area contributed by atoms with Crippen molar-refractivity contribution in [3.63, 3.8) is 0 Å². The van der Waals surface area contributed by atoms with Crippen molar-refractivity contribution in [2.75, 3.05) is 19.7 Å². The molecule has 180 valence electrons. The molecule has 34 heavy (non-hydrogen) atoms. The van der Waals surface area contributed by atoms with Crippen molar-refractivity contribution in [3.8, 4) is 5.69 Å². The van der Waals surface area contributed by atoms with Gasteiger partial charge in [-0.2, -0.15) is 17.9 Å². The van der Waals surface area contributed by atoms with Crippen molar-refractivity contribution in [2.45, 2.75) is 38.0 Å². The molecule has 0 radical (unpaired) electrons. The maximum Gasteiger partial charge on any atom is 0.416 e. The lowest BCUT2D eigenvalue weighted by molar-refractivity contribution is -0.137. The molecule has 3 aromatic rings. The van der Waals surface area contributed by atoms with Gasteiger partial charge in [0.15, 0.2) is 5.82 Å². The largest absolute Gasteiger partial charge is 0.465 e. The third kappa shape index (κ3) is 5.04. The summed E-state index contributed by atoms with van der Waals surface area (Å²) in [6.45, 7) is 2.53. The van der Waals surface area contributed by atoms with Gasteiger partial charge >= 0.3 is 12.3 Å². The molecule has 0 bridgehead atoms. The number of nitrogens with zero attached hydrogens (tertiary/aromatic N) is 5. The number of amides is 1. The second-order valence-electron chi connectivity index (χ2n) is 8.43. The first kappa shape index (κ1) is 23.7. The minimum atomic E-state index is -4.54. The Morgan fingerprint density at radius 1 is 1.15 bits per heavy atom. The second kappa shape index (κ2) is 9.41. The molecule has 0 aliphatic carbocycles. The number of halogens is 3. The molecule has 0 atom stereocenters. The van der Waals surface area contributed by atoms with E-state index >= 15 is 0 Å². The van der Waals surface area contributed by atoms with E-state index in [9.17, 15) is 23.1 Å². The van der Waals surface area contributed by atoms with Crippen LogP contribution in [0.2, 0.25) is 0 Å². The Labute approximate surface area is 193 Å². The van der Waals surface area contributed by atoms with Crippen LogP contribution in [0.5, 0.6) is 0 Å². The molecule has 0 spiro atoms. The van der Waals surface area contributed by atoms with Gasteiger partial charge < -0.3 is 14.7 Å². The molecule has 1 aromatic heterocycles. The molecule has 1 saturated heterocycles. The molecule has 1 amide bonds. The van der Waals surface area contributed by atoms with Crippen molar-refractivity contribution in [2.24, 2.45) is 0 Å². The number of tetrazole rings is 1. The van der Waals surface area contributed by atoms with Crippen LogP contribution in [-0.4, -0.2) is 56.0 Å². The van der Waals surface area contributed by atoms with E-state index in [0.717, 1.165) is 17.7 Å². The number of rotatable bonds is 6. The van der Waals surface area contributed by atoms with Crippen LogP contribution in [-0.2, 0) is 22.9 Å². The molecule has 2 heterocycles. The highest BCUT2D eigenvalue weighted by molar-refractivity contribution is 5.65. The lowest BCUT2D eigenvalue weighted by Gasteiger charge is -2.41. The number of alkyl halides is 3. The fourth-order valence-corrected chi connectivity index (χ4v) is 4.31. The Kier molecular flexibility index (Phi) is 6.56. The normalized spacial score (nSPS) is 15.9. The smallest absolute Gasteiger partial charge is 0.416 e. The predicted molar refractivity (Wildman–Crippen MR) is 116 cm³/mol. The highest BCUT2D eigenvalue weighted by Crippen LogP contribution is 2.37. The van der Waals surface area contributed by atoms with Gasteiger partial charge in [-0.05, 0) is 59.5 Å². The molecular weight excluding hydrogens is 451 g/mol. The molecule has 1 fully saturated rings. The number of benzene rings is 2. The summed E-state index contributed by atoms with van der Waals surface area (Å²) in [5.74, 6) is 0.361. The average molecular weight is 475 g/mol. The number of carbonyl (C=O) groups is 1. The molecule has 1 aliphatic heterocycles. The van der Waals surface area contributed by atoms with Gasteiger partial charge in [-0.3, -0.25) is 0 Å². The summed E-state index contributed by atoms with van der Waals surface area (Å²) in [7, 11) is 0. The summed E-state index contributed by atoms with van der Waals surface area (Å²) in [4.78, 5) is 12.7. The Hall–Kier alpha value is -3.47. The number of likely N-dealkylation sites (tertiary alicyclic amines) is 1. The first-order chi connectivity index (χ1) is 16.2. The molecule has 11 heteroatoms. The van der Waals surface area contributed by atoms with Crippen LogP contribution in [0.25, 0.3) is 5.69 Å². The summed E-state index contributed by atoms with van der Waals surface area (Å²) in [6, 6.07) is 13.3. The minimum Gasteiger partial charge on any atom is -0.465 e. The SMILES string of the molecule is Cc1nnnn1-c1cc(COCC2(c3ccccc3)CCN(C(=O)O)CC2)cc(C(F)(F)F)c1. The maximum absolute atomic E-state index is 13.5. The van der Waals surface area contributed by atoms with Crippen LogP contribution >= 0.6 is 0 Å². The molecule has 1 aliphatic rings. The van der Waals surface area contributed by atoms with E-state index in [-0.39, 0.29) is 18.9 Å². The van der Waals surface area contributed by atoms with Gasteiger partial charge in [0, 0.05) is 18.5 Å². The Morgan fingerprint density at radius 2 is 1.85 bits per heavy atom. The molecule has 1 N–H and O–H groups in total. The van der Waals surface area contributed by atoms with Gasteiger partial charge in [-0.15, -0.1) is 5.10 Å². The van der Waals surface area contributed by atoms with Crippen molar-refractivity contribution in [3.05, 3.63) is 71.0 Å². The number of aromatic nitrogens is 4. The van der Waals surface area contributed by atoms with Gasteiger partial charge in [-0.25, -0.2) is 4.79 Å². The van der Waals surface area contributed by atoms with Crippen LogP contribution in [0.3, 0.4) is 0 Å². The van der Waals surface area contributed by atoms with Gasteiger partial charge in [0.05, 0.1) is 24.5 Å². The topological polar surface area (TPSA) is 93.4 Å². The number of ether oxygens (including phenoxy) is 1. The van der Waals surface area contributed by atoms with Crippen LogP contribution < -0.4 is 0 Å². The zero-order valence-electron chi connectivity index (χ0n) is 18.5. The molecule has 4 rings (SSSR count). The zero-order valence-corrected chi connectivity index (χ0v) is 18.5. The van der Waals surface area contributed by atoms with Gasteiger partial charge in [0.2, 0.25) is 0 Å².